The largest absolute Gasteiger partial charge is 0.493 e. The molecule has 0 N–H and O–H groups in total. The summed E-state index contributed by atoms with van der Waals surface area (Å²) in [6.45, 7) is 6.44. The van der Waals surface area contributed by atoms with Gasteiger partial charge in [0.2, 0.25) is 5.75 Å². The van der Waals surface area contributed by atoms with Crippen LogP contribution in [-0.4, -0.2) is 29.0 Å². The zero-order valence-electron chi connectivity index (χ0n) is 14.0. The molecule has 0 saturated carbocycles. The van der Waals surface area contributed by atoms with Gasteiger partial charge in [-0.3, -0.25) is 0 Å². The first-order valence-electron chi connectivity index (χ1n) is 7.21. The van der Waals surface area contributed by atoms with Gasteiger partial charge in [0, 0.05) is 13.0 Å². The van der Waals surface area contributed by atoms with Gasteiger partial charge in [-0.2, -0.15) is 0 Å². The van der Waals surface area contributed by atoms with E-state index < -0.39 is 0 Å². The lowest BCUT2D eigenvalue weighted by atomic mass is 10.2. The van der Waals surface area contributed by atoms with Crippen LogP contribution in [0.4, 0.5) is 0 Å². The Bertz CT molecular complexity index is 625. The Morgan fingerprint density at radius 1 is 1.09 bits per heavy atom. The van der Waals surface area contributed by atoms with Gasteiger partial charge in [-0.05, 0) is 24.6 Å². The van der Waals surface area contributed by atoms with Crippen LogP contribution < -0.4 is 14.2 Å². The van der Waals surface area contributed by atoms with Crippen LogP contribution in [0.5, 0.6) is 17.2 Å². The van der Waals surface area contributed by atoms with Crippen molar-refractivity contribution in [1.29, 1.82) is 0 Å². The summed E-state index contributed by atoms with van der Waals surface area (Å²) < 4.78 is 18.6. The quantitative estimate of drug-likeness (QED) is 0.821. The summed E-state index contributed by atoms with van der Waals surface area (Å²) in [7, 11) is 5.16. The molecule has 6 nitrogen and oxygen atoms in total. The third-order valence-electron chi connectivity index (χ3n) is 3.47. The summed E-state index contributed by atoms with van der Waals surface area (Å²) in [6.07, 6.45) is 0. The van der Waals surface area contributed by atoms with Crippen molar-refractivity contribution >= 4 is 0 Å². The second kappa shape index (κ2) is 6.68. The fourth-order valence-corrected chi connectivity index (χ4v) is 2.29. The lowest BCUT2D eigenvalue weighted by molar-refractivity contribution is 0.255. The van der Waals surface area contributed by atoms with Crippen molar-refractivity contribution in [3.8, 4) is 17.2 Å². The fourth-order valence-electron chi connectivity index (χ4n) is 2.29. The van der Waals surface area contributed by atoms with Gasteiger partial charge < -0.3 is 18.8 Å². The van der Waals surface area contributed by atoms with Gasteiger partial charge in [-0.15, -0.1) is 10.2 Å². The highest BCUT2D eigenvalue weighted by Crippen LogP contribution is 2.38. The number of hydrogen-bond acceptors (Lipinski definition) is 5. The molecule has 0 atom stereocenters. The molecule has 1 aromatic heterocycles. The molecule has 1 heterocycles. The van der Waals surface area contributed by atoms with Gasteiger partial charge in [-0.1, -0.05) is 13.8 Å². The van der Waals surface area contributed by atoms with Gasteiger partial charge in [0.05, 0.1) is 14.2 Å². The van der Waals surface area contributed by atoms with Crippen LogP contribution in [0.1, 0.15) is 37.0 Å². The fraction of sp³-hybridized carbons (Fsp3) is 0.500. The van der Waals surface area contributed by atoms with Crippen LogP contribution >= 0.6 is 0 Å². The Morgan fingerprint density at radius 3 is 2.14 bits per heavy atom. The zero-order chi connectivity index (χ0) is 16.3. The standard InChI is InChI=1S/C16H23N3O3/c1-10(2)16-18-17-14(19(16)4)9-22-15-12(20-5)7-11(3)8-13(15)21-6/h7-8,10H,9H2,1-6H3. The number of aromatic nitrogens is 3. The molecule has 0 fully saturated rings. The van der Waals surface area contributed by atoms with Gasteiger partial charge in [-0.25, -0.2) is 0 Å². The van der Waals surface area contributed by atoms with Crippen molar-refractivity contribution in [2.75, 3.05) is 14.2 Å². The minimum absolute atomic E-state index is 0.298. The van der Waals surface area contributed by atoms with Gasteiger partial charge in [0.25, 0.3) is 0 Å². The molecule has 0 spiro atoms. The number of nitrogens with zero attached hydrogens (tertiary/aromatic N) is 3. The number of benzene rings is 1. The zero-order valence-corrected chi connectivity index (χ0v) is 14.0. The highest BCUT2D eigenvalue weighted by atomic mass is 16.5. The average Bonchev–Trinajstić information content (AvgIpc) is 2.86. The number of hydrogen-bond donors (Lipinski definition) is 0. The monoisotopic (exact) mass is 305 g/mol. The molecule has 120 valence electrons. The molecular formula is C16H23N3O3. The van der Waals surface area contributed by atoms with Gasteiger partial charge >= 0.3 is 0 Å². The van der Waals surface area contributed by atoms with Crippen LogP contribution in [0.2, 0.25) is 0 Å². The van der Waals surface area contributed by atoms with Crippen molar-refractivity contribution < 1.29 is 14.2 Å². The van der Waals surface area contributed by atoms with Gasteiger partial charge in [0.15, 0.2) is 17.3 Å². The van der Waals surface area contributed by atoms with Gasteiger partial charge in [0.1, 0.15) is 12.4 Å². The molecule has 0 aliphatic rings. The molecule has 2 aromatic rings. The van der Waals surface area contributed by atoms with E-state index in [0.717, 1.165) is 17.2 Å². The lowest BCUT2D eigenvalue weighted by Gasteiger charge is -2.15. The first-order chi connectivity index (χ1) is 10.5. The minimum atomic E-state index is 0.298. The maximum absolute atomic E-state index is 5.89. The molecule has 0 aliphatic heterocycles. The molecule has 0 amide bonds. The molecular weight excluding hydrogens is 282 g/mol. The third kappa shape index (κ3) is 3.16. The van der Waals surface area contributed by atoms with Crippen molar-refractivity contribution in [2.45, 2.75) is 33.3 Å². The van der Waals surface area contributed by atoms with Crippen LogP contribution in [0.25, 0.3) is 0 Å². The molecule has 22 heavy (non-hydrogen) atoms. The van der Waals surface area contributed by atoms with Crippen molar-refractivity contribution in [3.05, 3.63) is 29.3 Å². The highest BCUT2D eigenvalue weighted by Gasteiger charge is 2.16. The lowest BCUT2D eigenvalue weighted by Crippen LogP contribution is -2.08. The molecule has 0 saturated heterocycles. The normalized spacial score (nSPS) is 10.9. The van der Waals surface area contributed by atoms with E-state index in [1.165, 1.54) is 0 Å². The summed E-state index contributed by atoms with van der Waals surface area (Å²) in [4.78, 5) is 0. The summed E-state index contributed by atoms with van der Waals surface area (Å²) in [6, 6.07) is 3.82. The molecule has 0 unspecified atom stereocenters. The van der Waals surface area contributed by atoms with E-state index in [0.29, 0.717) is 29.8 Å². The topological polar surface area (TPSA) is 58.4 Å². The Labute approximate surface area is 131 Å². The van der Waals surface area contributed by atoms with E-state index in [4.69, 9.17) is 14.2 Å². The van der Waals surface area contributed by atoms with Crippen molar-refractivity contribution in [3.63, 3.8) is 0 Å². The molecule has 0 aliphatic carbocycles. The van der Waals surface area contributed by atoms with E-state index in [9.17, 15) is 0 Å². The summed E-state index contributed by atoms with van der Waals surface area (Å²) in [5, 5.41) is 8.38. The SMILES string of the molecule is COc1cc(C)cc(OC)c1OCc1nnc(C(C)C)n1C. The molecule has 1 aromatic carbocycles. The van der Waals surface area contributed by atoms with Crippen LogP contribution in [0.3, 0.4) is 0 Å². The number of aryl methyl sites for hydroxylation is 1. The van der Waals surface area contributed by atoms with E-state index in [2.05, 4.69) is 24.0 Å². The van der Waals surface area contributed by atoms with E-state index in [-0.39, 0.29) is 0 Å². The van der Waals surface area contributed by atoms with E-state index in [1.54, 1.807) is 14.2 Å². The third-order valence-corrected chi connectivity index (χ3v) is 3.47. The second-order valence-electron chi connectivity index (χ2n) is 5.48. The van der Waals surface area contributed by atoms with Crippen molar-refractivity contribution in [1.82, 2.24) is 14.8 Å². The van der Waals surface area contributed by atoms with Crippen LogP contribution in [-0.2, 0) is 13.7 Å². The molecule has 0 bridgehead atoms. The Kier molecular flexibility index (Phi) is 4.90. The number of rotatable bonds is 6. The summed E-state index contributed by atoms with van der Waals surface area (Å²) >= 11 is 0. The Morgan fingerprint density at radius 2 is 1.68 bits per heavy atom. The number of methoxy groups -OCH3 is 2. The maximum atomic E-state index is 5.89. The van der Waals surface area contributed by atoms with E-state index in [1.807, 2.05) is 30.7 Å². The van der Waals surface area contributed by atoms with Crippen molar-refractivity contribution in [2.24, 2.45) is 7.05 Å². The Balaban J connectivity index is 2.25. The average molecular weight is 305 g/mol. The molecule has 0 radical (unpaired) electrons. The van der Waals surface area contributed by atoms with Crippen LogP contribution in [0, 0.1) is 6.92 Å². The van der Waals surface area contributed by atoms with Crippen LogP contribution in [0.15, 0.2) is 12.1 Å². The van der Waals surface area contributed by atoms with E-state index >= 15 is 0 Å². The molecule has 6 heteroatoms. The minimum Gasteiger partial charge on any atom is -0.493 e. The predicted octanol–water partition coefficient (Wildman–Crippen LogP) is 2.84. The smallest absolute Gasteiger partial charge is 0.204 e. The maximum Gasteiger partial charge on any atom is 0.204 e. The number of ether oxygens (including phenoxy) is 3. The first kappa shape index (κ1) is 16.1. The second-order valence-corrected chi connectivity index (χ2v) is 5.48. The predicted molar refractivity (Wildman–Crippen MR) is 83.7 cm³/mol. The Hall–Kier alpha value is -2.24. The first-order valence-corrected chi connectivity index (χ1v) is 7.21. The summed E-state index contributed by atoms with van der Waals surface area (Å²) in [5.41, 5.74) is 1.04. The highest BCUT2D eigenvalue weighted by molar-refractivity contribution is 5.53. The molecule has 2 rings (SSSR count). The summed E-state index contributed by atoms with van der Waals surface area (Å²) in [5.74, 6) is 3.86.